The fourth-order valence-corrected chi connectivity index (χ4v) is 2.94. The van der Waals surface area contributed by atoms with Crippen LogP contribution < -0.4 is 24.8 Å². The molecule has 0 amide bonds. The van der Waals surface area contributed by atoms with Gasteiger partial charge < -0.3 is 29.8 Å². The van der Waals surface area contributed by atoms with Gasteiger partial charge in [0.2, 0.25) is 24.0 Å². The first-order chi connectivity index (χ1) is 13.6. The summed E-state index contributed by atoms with van der Waals surface area (Å²) in [5.41, 5.74) is 1.49. The molecule has 0 radical (unpaired) electrons. The van der Waals surface area contributed by atoms with Crippen molar-refractivity contribution in [1.82, 2.24) is 10.3 Å². The molecule has 4 N–H and O–H groups in total. The molecule has 0 bridgehead atoms. The van der Waals surface area contributed by atoms with Gasteiger partial charge in [0.25, 0.3) is 0 Å². The van der Waals surface area contributed by atoms with Crippen LogP contribution in [0.4, 0.5) is 5.69 Å². The lowest BCUT2D eigenvalue weighted by Gasteiger charge is -2.19. The van der Waals surface area contributed by atoms with Crippen molar-refractivity contribution in [3.8, 4) is 23.0 Å². The fourth-order valence-electron chi connectivity index (χ4n) is 2.94. The molecule has 1 aromatic heterocycles. The summed E-state index contributed by atoms with van der Waals surface area (Å²) in [6, 6.07) is 5.28. The first-order valence-electron chi connectivity index (χ1n) is 9.21. The largest absolute Gasteiger partial charge is 0.595 e. The van der Waals surface area contributed by atoms with Crippen LogP contribution >= 0.6 is 0 Å². The van der Waals surface area contributed by atoms with E-state index in [-0.39, 0.29) is 30.6 Å². The van der Waals surface area contributed by atoms with Crippen LogP contribution in [0, 0.1) is 12.1 Å². The van der Waals surface area contributed by atoms with Gasteiger partial charge in [-0.15, -0.1) is 0 Å². The first-order valence-corrected chi connectivity index (χ1v) is 9.21. The van der Waals surface area contributed by atoms with Gasteiger partial charge in [-0.1, -0.05) is 0 Å². The minimum Gasteiger partial charge on any atom is -0.595 e. The smallest absolute Gasteiger partial charge is 0.233 e. The number of aryl methyl sites for hydroxylation is 1. The Hall–Kier alpha value is -2.43. The number of hydrogen-bond acceptors (Lipinski definition) is 8. The van der Waals surface area contributed by atoms with E-state index in [9.17, 15) is 10.4 Å². The number of aliphatic hydroxyl groups is 1. The zero-order chi connectivity index (χ0) is 19.9. The minimum absolute atomic E-state index is 0.0594. The maximum Gasteiger partial charge on any atom is 0.233 e. The summed E-state index contributed by atoms with van der Waals surface area (Å²) in [6.07, 6.45) is 4.16. The third-order valence-electron chi connectivity index (χ3n) is 4.34. The molecule has 0 aliphatic carbocycles. The number of aromatic nitrogens is 1. The van der Waals surface area contributed by atoms with Crippen molar-refractivity contribution in [2.45, 2.75) is 32.7 Å². The predicted octanol–water partition coefficient (Wildman–Crippen LogP) is 1.57. The number of aliphatic hydroxyl groups excluding tert-OH is 1. The molecule has 2 heterocycles. The van der Waals surface area contributed by atoms with E-state index in [0.717, 1.165) is 25.0 Å². The van der Waals surface area contributed by atoms with E-state index >= 15 is 0 Å². The third kappa shape index (κ3) is 4.89. The van der Waals surface area contributed by atoms with Crippen molar-refractivity contribution in [2.24, 2.45) is 0 Å². The number of fused-ring (bicyclic) bond motifs is 1. The quantitative estimate of drug-likeness (QED) is 0.356. The van der Waals surface area contributed by atoms with Crippen LogP contribution in [0.25, 0.3) is 0 Å². The Morgan fingerprint density at radius 3 is 2.79 bits per heavy atom. The Labute approximate surface area is 163 Å². The van der Waals surface area contributed by atoms with E-state index in [0.29, 0.717) is 30.2 Å². The molecular formula is C19H25N3O6. The Balaban J connectivity index is 1.82. The number of unbranched alkanes of at least 4 members (excludes halogenated alkanes) is 2. The van der Waals surface area contributed by atoms with Gasteiger partial charge in [0.1, 0.15) is 5.75 Å². The van der Waals surface area contributed by atoms with Crippen LogP contribution in [-0.4, -0.2) is 35.2 Å². The highest BCUT2D eigenvalue weighted by atomic mass is 16.8. The standard InChI is InChI=1S/C19H25N3O6/c1-13-5-6-15(11-21-13)28-16-9-14(10-20-7-3-2-4-8-23)17(22(24)25)19-18(16)26-12-27-19/h5-6,9,11,20,22-24H,2-4,7-8,10,12H2,1H3. The van der Waals surface area contributed by atoms with Gasteiger partial charge in [0.05, 0.1) is 6.20 Å². The fraction of sp³-hybridized carbons (Fsp3) is 0.421. The van der Waals surface area contributed by atoms with Crippen LogP contribution in [0.2, 0.25) is 0 Å². The normalized spacial score (nSPS) is 13.6. The summed E-state index contributed by atoms with van der Waals surface area (Å²) >= 11 is 0. The van der Waals surface area contributed by atoms with E-state index in [1.165, 1.54) is 0 Å². The maximum absolute atomic E-state index is 11.8. The van der Waals surface area contributed by atoms with Crippen molar-refractivity contribution in [3.05, 3.63) is 40.9 Å². The molecule has 28 heavy (non-hydrogen) atoms. The lowest BCUT2D eigenvalue weighted by molar-refractivity contribution is -0.991. The van der Waals surface area contributed by atoms with Crippen LogP contribution in [0.3, 0.4) is 0 Å². The Bertz CT molecular complexity index is 782. The van der Waals surface area contributed by atoms with E-state index < -0.39 is 5.23 Å². The van der Waals surface area contributed by atoms with E-state index in [1.807, 2.05) is 13.0 Å². The highest BCUT2D eigenvalue weighted by molar-refractivity contribution is 5.67. The molecule has 0 spiro atoms. The Kier molecular flexibility index (Phi) is 7.01. The Morgan fingerprint density at radius 1 is 1.25 bits per heavy atom. The van der Waals surface area contributed by atoms with Crippen molar-refractivity contribution in [3.63, 3.8) is 0 Å². The second kappa shape index (κ2) is 9.67. The van der Waals surface area contributed by atoms with Gasteiger partial charge in [-0.3, -0.25) is 4.98 Å². The molecule has 0 saturated carbocycles. The molecule has 1 aliphatic heterocycles. The third-order valence-corrected chi connectivity index (χ3v) is 4.34. The van der Waals surface area contributed by atoms with Crippen LogP contribution in [0.5, 0.6) is 23.0 Å². The van der Waals surface area contributed by atoms with Gasteiger partial charge in [-0.05, 0) is 50.9 Å². The zero-order valence-electron chi connectivity index (χ0n) is 15.7. The van der Waals surface area contributed by atoms with Crippen molar-refractivity contribution in [1.29, 1.82) is 0 Å². The molecule has 0 fully saturated rings. The molecule has 1 aromatic carbocycles. The maximum atomic E-state index is 11.8. The molecule has 3 rings (SSSR count). The van der Waals surface area contributed by atoms with Gasteiger partial charge in [0, 0.05) is 24.4 Å². The first kappa shape index (κ1) is 20.3. The van der Waals surface area contributed by atoms with Gasteiger partial charge in [-0.2, -0.15) is 5.23 Å². The minimum atomic E-state index is -1.08. The van der Waals surface area contributed by atoms with Gasteiger partial charge in [0.15, 0.2) is 5.75 Å². The number of benzene rings is 1. The highest BCUT2D eigenvalue weighted by Gasteiger charge is 2.30. The highest BCUT2D eigenvalue weighted by Crippen LogP contribution is 2.48. The second-order valence-corrected chi connectivity index (χ2v) is 6.48. The monoisotopic (exact) mass is 391 g/mol. The van der Waals surface area contributed by atoms with Gasteiger partial charge in [-0.25, -0.2) is 5.21 Å². The second-order valence-electron chi connectivity index (χ2n) is 6.48. The van der Waals surface area contributed by atoms with Crippen molar-refractivity contribution in [2.75, 3.05) is 19.9 Å². The molecule has 0 saturated heterocycles. The summed E-state index contributed by atoms with van der Waals surface area (Å²) in [5.74, 6) is 1.38. The summed E-state index contributed by atoms with van der Waals surface area (Å²) in [7, 11) is 0. The topological polar surface area (TPSA) is 121 Å². The van der Waals surface area contributed by atoms with Crippen LogP contribution in [0.1, 0.15) is 30.5 Å². The number of hydrogen-bond donors (Lipinski definition) is 4. The molecule has 2 aromatic rings. The summed E-state index contributed by atoms with van der Waals surface area (Å²) in [4.78, 5) is 4.20. The Morgan fingerprint density at radius 2 is 2.07 bits per heavy atom. The van der Waals surface area contributed by atoms with E-state index in [1.54, 1.807) is 18.3 Å². The molecule has 1 aliphatic rings. The molecule has 1 unspecified atom stereocenters. The number of rotatable bonds is 10. The molecular weight excluding hydrogens is 366 g/mol. The SMILES string of the molecule is Cc1ccc(Oc2cc(CNCCCCCO)c([NH+]([O-])O)c3c2OCO3)cn1. The van der Waals surface area contributed by atoms with Gasteiger partial charge >= 0.3 is 0 Å². The number of quaternary nitrogens is 1. The summed E-state index contributed by atoms with van der Waals surface area (Å²) in [6.45, 7) is 3.06. The van der Waals surface area contributed by atoms with Crippen molar-refractivity contribution >= 4 is 5.69 Å². The molecule has 1 atom stereocenters. The molecule has 9 heteroatoms. The lowest BCUT2D eigenvalue weighted by Crippen LogP contribution is -2.99. The molecule has 152 valence electrons. The van der Waals surface area contributed by atoms with Crippen LogP contribution in [-0.2, 0) is 6.54 Å². The average molecular weight is 391 g/mol. The number of nitrogens with one attached hydrogen (secondary N) is 2. The van der Waals surface area contributed by atoms with Crippen molar-refractivity contribution < 1.29 is 29.8 Å². The molecule has 9 nitrogen and oxygen atoms in total. The van der Waals surface area contributed by atoms with E-state index in [2.05, 4.69) is 10.3 Å². The number of ether oxygens (including phenoxy) is 3. The number of pyridine rings is 1. The van der Waals surface area contributed by atoms with Crippen LogP contribution in [0.15, 0.2) is 24.4 Å². The number of nitrogens with zero attached hydrogens (tertiary/aromatic N) is 1. The summed E-state index contributed by atoms with van der Waals surface area (Å²) in [5, 5.41) is 32.5. The zero-order valence-corrected chi connectivity index (χ0v) is 15.7. The summed E-state index contributed by atoms with van der Waals surface area (Å²) < 4.78 is 16.8. The van der Waals surface area contributed by atoms with E-state index in [4.69, 9.17) is 19.3 Å². The predicted molar refractivity (Wildman–Crippen MR) is 100 cm³/mol. The lowest BCUT2D eigenvalue weighted by atomic mass is 10.1. The average Bonchev–Trinajstić information content (AvgIpc) is 3.16.